The summed E-state index contributed by atoms with van der Waals surface area (Å²) in [6, 6.07) is 21.5. The molecule has 0 aliphatic carbocycles. The summed E-state index contributed by atoms with van der Waals surface area (Å²) in [7, 11) is 0. The zero-order valence-electron chi connectivity index (χ0n) is 27.8. The minimum Gasteiger partial charge on any atom is -0.489 e. The molecule has 0 spiro atoms. The molecule has 1 unspecified atom stereocenters. The molecule has 48 heavy (non-hydrogen) atoms. The fourth-order valence-electron chi connectivity index (χ4n) is 5.48. The monoisotopic (exact) mass is 675 g/mol. The maximum atomic E-state index is 14.1. The third kappa shape index (κ3) is 9.45. The number of benzene rings is 3. The average molecular weight is 676 g/mol. The number of esters is 1. The van der Waals surface area contributed by atoms with E-state index in [1.54, 1.807) is 56.4 Å². The van der Waals surface area contributed by atoms with Crippen LogP contribution in [0.25, 0.3) is 5.70 Å². The highest BCUT2D eigenvalue weighted by atomic mass is 35.5. The van der Waals surface area contributed by atoms with Gasteiger partial charge in [-0.15, -0.1) is 0 Å². The van der Waals surface area contributed by atoms with E-state index in [1.807, 2.05) is 56.3 Å². The van der Waals surface area contributed by atoms with Crippen LogP contribution >= 0.6 is 11.6 Å². The SMILES string of the molecule is CC(=O)N1C=C(c2cccc(OCc3cccc(Cl)c3)c2)N(CC(=O)N[C@@H](Cc2ccccc2)C(O)C(=O)OC(C)C)C(=O)[C@H]1C(C)C. The second kappa shape index (κ2) is 16.4. The third-order valence-electron chi connectivity index (χ3n) is 7.71. The molecule has 0 bridgehead atoms. The lowest BCUT2D eigenvalue weighted by molar-refractivity contribution is -0.159. The number of rotatable bonds is 13. The molecular formula is C37H42ClN3O7. The molecule has 0 aromatic heterocycles. The first kappa shape index (κ1) is 36.2. The van der Waals surface area contributed by atoms with Crippen molar-refractivity contribution in [2.75, 3.05) is 6.54 Å². The zero-order chi connectivity index (χ0) is 35.0. The minimum atomic E-state index is -1.66. The van der Waals surface area contributed by atoms with E-state index in [9.17, 15) is 24.3 Å². The molecule has 0 fully saturated rings. The van der Waals surface area contributed by atoms with Crippen LogP contribution in [0.5, 0.6) is 5.75 Å². The zero-order valence-corrected chi connectivity index (χ0v) is 28.5. The number of carbonyl (C=O) groups is 4. The number of nitrogens with one attached hydrogen (secondary N) is 1. The first-order valence-electron chi connectivity index (χ1n) is 15.9. The fourth-order valence-corrected chi connectivity index (χ4v) is 5.69. The predicted octanol–water partition coefficient (Wildman–Crippen LogP) is 4.97. The van der Waals surface area contributed by atoms with E-state index in [2.05, 4.69) is 5.32 Å². The Labute approximate surface area is 286 Å². The Hall–Kier alpha value is -4.67. The molecule has 3 amide bonds. The quantitative estimate of drug-likeness (QED) is 0.245. The van der Waals surface area contributed by atoms with Crippen LogP contribution < -0.4 is 10.1 Å². The molecular weight excluding hydrogens is 634 g/mol. The highest BCUT2D eigenvalue weighted by molar-refractivity contribution is 6.30. The molecule has 3 aromatic carbocycles. The van der Waals surface area contributed by atoms with Crippen LogP contribution in [0.4, 0.5) is 0 Å². The third-order valence-corrected chi connectivity index (χ3v) is 7.95. The second-order valence-electron chi connectivity index (χ2n) is 12.3. The van der Waals surface area contributed by atoms with E-state index in [0.29, 0.717) is 22.0 Å². The van der Waals surface area contributed by atoms with Crippen LogP contribution in [0.2, 0.25) is 5.02 Å². The Balaban J connectivity index is 1.64. The van der Waals surface area contributed by atoms with E-state index in [-0.39, 0.29) is 24.9 Å². The normalized spacial score (nSPS) is 16.0. The molecule has 0 saturated carbocycles. The smallest absolute Gasteiger partial charge is 0.337 e. The molecule has 0 radical (unpaired) electrons. The number of ether oxygens (including phenoxy) is 2. The Morgan fingerprint density at radius 3 is 2.27 bits per heavy atom. The Morgan fingerprint density at radius 2 is 1.62 bits per heavy atom. The summed E-state index contributed by atoms with van der Waals surface area (Å²) in [6.45, 7) is 8.17. The van der Waals surface area contributed by atoms with Crippen LogP contribution in [0.15, 0.2) is 85.1 Å². The van der Waals surface area contributed by atoms with Gasteiger partial charge in [0.2, 0.25) is 11.8 Å². The number of nitrogens with zero attached hydrogens (tertiary/aromatic N) is 2. The molecule has 2 N–H and O–H groups in total. The fraction of sp³-hybridized carbons (Fsp3) is 0.351. The maximum Gasteiger partial charge on any atom is 0.337 e. The number of aliphatic hydroxyl groups is 1. The summed E-state index contributed by atoms with van der Waals surface area (Å²) in [6.07, 6.45) is -0.417. The van der Waals surface area contributed by atoms with Gasteiger partial charge in [0, 0.05) is 23.7 Å². The van der Waals surface area contributed by atoms with Gasteiger partial charge < -0.3 is 24.8 Å². The molecule has 1 heterocycles. The van der Waals surface area contributed by atoms with Crippen molar-refractivity contribution in [2.24, 2.45) is 5.92 Å². The first-order valence-corrected chi connectivity index (χ1v) is 16.2. The largest absolute Gasteiger partial charge is 0.489 e. The number of amides is 3. The summed E-state index contributed by atoms with van der Waals surface area (Å²) in [5.41, 5.74) is 2.50. The van der Waals surface area contributed by atoms with Crippen molar-refractivity contribution in [1.82, 2.24) is 15.1 Å². The summed E-state index contributed by atoms with van der Waals surface area (Å²) >= 11 is 6.12. The lowest BCUT2D eigenvalue weighted by Crippen LogP contribution is -2.57. The molecule has 1 aliphatic rings. The van der Waals surface area contributed by atoms with Gasteiger partial charge in [-0.05, 0) is 61.6 Å². The molecule has 11 heteroatoms. The molecule has 3 aromatic rings. The summed E-state index contributed by atoms with van der Waals surface area (Å²) < 4.78 is 11.2. The molecule has 254 valence electrons. The lowest BCUT2D eigenvalue weighted by atomic mass is 9.96. The van der Waals surface area contributed by atoms with E-state index in [1.165, 1.54) is 16.7 Å². The van der Waals surface area contributed by atoms with Gasteiger partial charge in [0.05, 0.1) is 17.8 Å². The van der Waals surface area contributed by atoms with Gasteiger partial charge in [-0.2, -0.15) is 0 Å². The van der Waals surface area contributed by atoms with Crippen molar-refractivity contribution in [2.45, 2.75) is 71.9 Å². The molecule has 4 rings (SSSR count). The summed E-state index contributed by atoms with van der Waals surface area (Å²) in [5.74, 6) is -2.02. The summed E-state index contributed by atoms with van der Waals surface area (Å²) in [5, 5.41) is 14.3. The van der Waals surface area contributed by atoms with Gasteiger partial charge in [-0.25, -0.2) is 4.79 Å². The summed E-state index contributed by atoms with van der Waals surface area (Å²) in [4.78, 5) is 56.0. The number of halogens is 1. The van der Waals surface area contributed by atoms with Crippen LogP contribution in [-0.2, 0) is 36.9 Å². The van der Waals surface area contributed by atoms with Gasteiger partial charge in [-0.1, -0.05) is 80.0 Å². The Morgan fingerprint density at radius 1 is 0.938 bits per heavy atom. The Kier molecular flexibility index (Phi) is 12.4. The van der Waals surface area contributed by atoms with Crippen molar-refractivity contribution in [3.05, 3.63) is 107 Å². The molecule has 10 nitrogen and oxygen atoms in total. The number of hydrogen-bond donors (Lipinski definition) is 2. The van der Waals surface area contributed by atoms with Crippen LogP contribution in [0.3, 0.4) is 0 Å². The number of hydrogen-bond acceptors (Lipinski definition) is 7. The van der Waals surface area contributed by atoms with Crippen LogP contribution in [0.1, 0.15) is 51.3 Å². The van der Waals surface area contributed by atoms with Gasteiger partial charge in [0.15, 0.2) is 6.10 Å². The lowest BCUT2D eigenvalue weighted by Gasteiger charge is -2.40. The average Bonchev–Trinajstić information content (AvgIpc) is 3.04. The van der Waals surface area contributed by atoms with Crippen molar-refractivity contribution in [1.29, 1.82) is 0 Å². The van der Waals surface area contributed by atoms with Gasteiger partial charge in [-0.3, -0.25) is 19.3 Å². The number of carbonyl (C=O) groups excluding carboxylic acids is 4. The highest BCUT2D eigenvalue weighted by Crippen LogP contribution is 2.32. The van der Waals surface area contributed by atoms with E-state index in [4.69, 9.17) is 21.1 Å². The standard InChI is InChI=1S/C37H42ClN3O7/c1-23(2)34-36(45)41(21-33(43)39-31(18-26-11-7-6-8-12-26)35(44)37(46)48-24(3)4)32(20-40(34)25(5)42)28-14-10-16-30(19-28)47-22-27-13-9-15-29(38)17-27/h6-17,19-20,23-24,31,34-35,44H,18,21-22H2,1-5H3,(H,39,43)/t31-,34+,35?/m0/s1. The van der Waals surface area contributed by atoms with E-state index >= 15 is 0 Å². The predicted molar refractivity (Wildman–Crippen MR) is 182 cm³/mol. The topological polar surface area (TPSA) is 125 Å². The van der Waals surface area contributed by atoms with Gasteiger partial charge in [0.1, 0.15) is 24.9 Å². The van der Waals surface area contributed by atoms with Crippen LogP contribution in [0, 0.1) is 5.92 Å². The first-order chi connectivity index (χ1) is 22.8. The highest BCUT2D eigenvalue weighted by Gasteiger charge is 2.40. The molecule has 3 atom stereocenters. The molecule has 0 saturated heterocycles. The van der Waals surface area contributed by atoms with Crippen molar-refractivity contribution in [3.8, 4) is 5.75 Å². The van der Waals surface area contributed by atoms with E-state index < -0.39 is 48.6 Å². The molecule has 1 aliphatic heterocycles. The second-order valence-corrected chi connectivity index (χ2v) is 12.7. The van der Waals surface area contributed by atoms with Crippen LogP contribution in [-0.4, -0.2) is 69.4 Å². The van der Waals surface area contributed by atoms with Gasteiger partial charge >= 0.3 is 5.97 Å². The Bertz CT molecular complexity index is 1640. The van der Waals surface area contributed by atoms with Crippen molar-refractivity contribution in [3.63, 3.8) is 0 Å². The number of aliphatic hydroxyl groups excluding tert-OH is 1. The van der Waals surface area contributed by atoms with Crippen molar-refractivity contribution >= 4 is 41.0 Å². The van der Waals surface area contributed by atoms with E-state index in [0.717, 1.165) is 11.1 Å². The minimum absolute atomic E-state index is 0.135. The van der Waals surface area contributed by atoms with Gasteiger partial charge in [0.25, 0.3) is 5.91 Å². The maximum absolute atomic E-state index is 14.1. The van der Waals surface area contributed by atoms with Crippen molar-refractivity contribution < 1.29 is 33.8 Å².